The number of carbonyl (C=O) groups excluding carboxylic acids is 1. The third-order valence-corrected chi connectivity index (χ3v) is 1.91. The molecule has 0 bridgehead atoms. The summed E-state index contributed by atoms with van der Waals surface area (Å²) in [6, 6.07) is 0. The summed E-state index contributed by atoms with van der Waals surface area (Å²) in [7, 11) is 1.27. The van der Waals surface area contributed by atoms with Crippen molar-refractivity contribution in [2.45, 2.75) is 33.3 Å². The predicted octanol–water partition coefficient (Wildman–Crippen LogP) is 1.51. The number of allylic oxidation sites excluding steroid dienone is 1. The Hall–Kier alpha value is -0.830. The summed E-state index contributed by atoms with van der Waals surface area (Å²) in [6.07, 6.45) is 3.54. The molecule has 0 aliphatic rings. The summed E-state index contributed by atoms with van der Waals surface area (Å²) in [6.45, 7) is 5.58. The Bertz CT molecular complexity index is 194. The van der Waals surface area contributed by atoms with E-state index in [1.165, 1.54) is 7.11 Å². The number of methoxy groups -OCH3 is 1. The average molecular weight is 186 g/mol. The largest absolute Gasteiger partial charge is 0.467 e. The minimum atomic E-state index is -1.10. The number of aliphatic hydroxyl groups is 1. The molecule has 0 saturated heterocycles. The van der Waals surface area contributed by atoms with Gasteiger partial charge in [-0.25, -0.2) is 4.79 Å². The van der Waals surface area contributed by atoms with Crippen molar-refractivity contribution in [3.63, 3.8) is 0 Å². The van der Waals surface area contributed by atoms with E-state index < -0.39 is 17.5 Å². The minimum Gasteiger partial charge on any atom is -0.467 e. The lowest BCUT2D eigenvalue weighted by Gasteiger charge is -2.24. The molecule has 0 aliphatic heterocycles. The molecule has 0 radical (unpaired) electrons. The van der Waals surface area contributed by atoms with Crippen molar-refractivity contribution < 1.29 is 14.6 Å². The number of hydrogen-bond donors (Lipinski definition) is 1. The highest BCUT2D eigenvalue weighted by atomic mass is 16.5. The fraction of sp³-hybridized carbons (Fsp3) is 0.700. The number of rotatable bonds is 4. The van der Waals surface area contributed by atoms with Gasteiger partial charge in [-0.05, 0) is 6.42 Å². The summed E-state index contributed by atoms with van der Waals surface area (Å²) in [5, 5.41) is 9.55. The summed E-state index contributed by atoms with van der Waals surface area (Å²) in [5.41, 5.74) is -0.566. The highest BCUT2D eigenvalue weighted by Gasteiger charge is 2.31. The molecule has 76 valence electrons. The van der Waals surface area contributed by atoms with Gasteiger partial charge in [0.25, 0.3) is 0 Å². The summed E-state index contributed by atoms with van der Waals surface area (Å²) < 4.78 is 4.46. The van der Waals surface area contributed by atoms with Gasteiger partial charge in [0.1, 0.15) is 0 Å². The van der Waals surface area contributed by atoms with E-state index in [1.54, 1.807) is 13.8 Å². The van der Waals surface area contributed by atoms with E-state index in [1.807, 2.05) is 19.1 Å². The van der Waals surface area contributed by atoms with Crippen LogP contribution in [0.25, 0.3) is 0 Å². The topological polar surface area (TPSA) is 46.5 Å². The molecule has 3 heteroatoms. The summed E-state index contributed by atoms with van der Waals surface area (Å²) in [5.74, 6) is -0.592. The molecule has 0 rings (SSSR count). The SMILES string of the molecule is CC/C=C/C(C)(C)C(O)C(=O)OC. The van der Waals surface area contributed by atoms with Crippen LogP contribution in [0.5, 0.6) is 0 Å². The Morgan fingerprint density at radius 3 is 2.54 bits per heavy atom. The van der Waals surface area contributed by atoms with Crippen LogP contribution in [-0.2, 0) is 9.53 Å². The second kappa shape index (κ2) is 5.02. The molecule has 1 unspecified atom stereocenters. The van der Waals surface area contributed by atoms with Crippen LogP contribution < -0.4 is 0 Å². The van der Waals surface area contributed by atoms with Crippen LogP contribution in [0.2, 0.25) is 0 Å². The van der Waals surface area contributed by atoms with Crippen LogP contribution >= 0.6 is 0 Å². The van der Waals surface area contributed by atoms with E-state index in [2.05, 4.69) is 4.74 Å². The van der Waals surface area contributed by atoms with Crippen molar-refractivity contribution in [3.8, 4) is 0 Å². The van der Waals surface area contributed by atoms with Crippen molar-refractivity contribution in [1.29, 1.82) is 0 Å². The van der Waals surface area contributed by atoms with Gasteiger partial charge in [0.2, 0.25) is 0 Å². The van der Waals surface area contributed by atoms with Crippen molar-refractivity contribution in [1.82, 2.24) is 0 Å². The normalized spacial score (nSPS) is 14.5. The van der Waals surface area contributed by atoms with E-state index in [0.717, 1.165) is 6.42 Å². The monoisotopic (exact) mass is 186 g/mol. The van der Waals surface area contributed by atoms with Gasteiger partial charge in [-0.3, -0.25) is 0 Å². The zero-order valence-corrected chi connectivity index (χ0v) is 8.70. The van der Waals surface area contributed by atoms with Crippen LogP contribution in [0.15, 0.2) is 12.2 Å². The second-order valence-electron chi connectivity index (χ2n) is 3.56. The maximum absolute atomic E-state index is 11.0. The van der Waals surface area contributed by atoms with E-state index >= 15 is 0 Å². The lowest BCUT2D eigenvalue weighted by molar-refractivity contribution is -0.155. The molecule has 0 aromatic heterocycles. The Labute approximate surface area is 79.4 Å². The molecule has 0 aromatic rings. The quantitative estimate of drug-likeness (QED) is 0.534. The van der Waals surface area contributed by atoms with E-state index in [-0.39, 0.29) is 0 Å². The van der Waals surface area contributed by atoms with Gasteiger partial charge in [0.05, 0.1) is 7.11 Å². The smallest absolute Gasteiger partial charge is 0.335 e. The van der Waals surface area contributed by atoms with E-state index in [0.29, 0.717) is 0 Å². The number of ether oxygens (including phenoxy) is 1. The van der Waals surface area contributed by atoms with Crippen LogP contribution in [0.1, 0.15) is 27.2 Å². The van der Waals surface area contributed by atoms with Crippen LogP contribution in [0.3, 0.4) is 0 Å². The molecular formula is C10H18O3. The predicted molar refractivity (Wildman–Crippen MR) is 51.2 cm³/mol. The molecular weight excluding hydrogens is 168 g/mol. The second-order valence-corrected chi connectivity index (χ2v) is 3.56. The van der Waals surface area contributed by atoms with Crippen LogP contribution in [0.4, 0.5) is 0 Å². The van der Waals surface area contributed by atoms with Crippen molar-refractivity contribution >= 4 is 5.97 Å². The number of carbonyl (C=O) groups is 1. The fourth-order valence-corrected chi connectivity index (χ4v) is 0.928. The van der Waals surface area contributed by atoms with Crippen molar-refractivity contribution in [2.24, 2.45) is 5.41 Å². The number of esters is 1. The molecule has 0 saturated carbocycles. The van der Waals surface area contributed by atoms with Crippen molar-refractivity contribution in [3.05, 3.63) is 12.2 Å². The van der Waals surface area contributed by atoms with Crippen LogP contribution in [-0.4, -0.2) is 24.3 Å². The van der Waals surface area contributed by atoms with Gasteiger partial charge in [-0.1, -0.05) is 32.9 Å². The Balaban J connectivity index is 4.43. The molecule has 3 nitrogen and oxygen atoms in total. The zero-order chi connectivity index (χ0) is 10.5. The van der Waals surface area contributed by atoms with E-state index in [4.69, 9.17) is 0 Å². The van der Waals surface area contributed by atoms with Gasteiger partial charge in [0.15, 0.2) is 6.10 Å². The molecule has 1 atom stereocenters. The maximum Gasteiger partial charge on any atom is 0.335 e. The standard InChI is InChI=1S/C10H18O3/c1-5-6-7-10(2,3)8(11)9(12)13-4/h6-8,11H,5H2,1-4H3/b7-6+. The third kappa shape index (κ3) is 3.59. The first-order valence-corrected chi connectivity index (χ1v) is 4.39. The first-order valence-electron chi connectivity index (χ1n) is 4.39. The lowest BCUT2D eigenvalue weighted by atomic mass is 9.86. The van der Waals surface area contributed by atoms with Crippen molar-refractivity contribution in [2.75, 3.05) is 7.11 Å². The lowest BCUT2D eigenvalue weighted by Crippen LogP contribution is -2.35. The Kier molecular flexibility index (Phi) is 4.70. The summed E-state index contributed by atoms with van der Waals surface area (Å²) >= 11 is 0. The maximum atomic E-state index is 11.0. The van der Waals surface area contributed by atoms with Crippen LogP contribution in [0, 0.1) is 5.41 Å². The number of aliphatic hydroxyl groups excluding tert-OH is 1. The highest BCUT2D eigenvalue weighted by Crippen LogP contribution is 2.23. The molecule has 0 aliphatic carbocycles. The molecule has 0 amide bonds. The fourth-order valence-electron chi connectivity index (χ4n) is 0.928. The third-order valence-electron chi connectivity index (χ3n) is 1.91. The first kappa shape index (κ1) is 12.2. The van der Waals surface area contributed by atoms with Gasteiger partial charge in [0, 0.05) is 5.41 Å². The Morgan fingerprint density at radius 1 is 1.62 bits per heavy atom. The molecule has 0 heterocycles. The molecule has 0 fully saturated rings. The molecule has 1 N–H and O–H groups in total. The van der Waals surface area contributed by atoms with Gasteiger partial charge >= 0.3 is 5.97 Å². The first-order chi connectivity index (χ1) is 5.95. The molecule has 13 heavy (non-hydrogen) atoms. The molecule has 0 aromatic carbocycles. The highest BCUT2D eigenvalue weighted by molar-refractivity contribution is 5.75. The van der Waals surface area contributed by atoms with Gasteiger partial charge < -0.3 is 9.84 Å². The number of hydrogen-bond acceptors (Lipinski definition) is 3. The zero-order valence-electron chi connectivity index (χ0n) is 8.70. The average Bonchev–Trinajstić information content (AvgIpc) is 2.12. The van der Waals surface area contributed by atoms with E-state index in [9.17, 15) is 9.90 Å². The van der Waals surface area contributed by atoms with Gasteiger partial charge in [-0.15, -0.1) is 0 Å². The minimum absolute atomic E-state index is 0.566. The Morgan fingerprint density at radius 2 is 2.15 bits per heavy atom. The van der Waals surface area contributed by atoms with Gasteiger partial charge in [-0.2, -0.15) is 0 Å². The summed E-state index contributed by atoms with van der Waals surface area (Å²) in [4.78, 5) is 11.0. The molecule has 0 spiro atoms.